The van der Waals surface area contributed by atoms with Crippen LogP contribution in [0.5, 0.6) is 5.88 Å². The van der Waals surface area contributed by atoms with Gasteiger partial charge in [0, 0.05) is 18.0 Å². The van der Waals surface area contributed by atoms with Crippen molar-refractivity contribution in [3.05, 3.63) is 53.0 Å². The molecule has 5 nitrogen and oxygen atoms in total. The summed E-state index contributed by atoms with van der Waals surface area (Å²) in [4.78, 5) is 21.3. The lowest BCUT2D eigenvalue weighted by Crippen LogP contribution is -2.24. The molecule has 0 bridgehead atoms. The quantitative estimate of drug-likeness (QED) is 0.894. The topological polar surface area (TPSA) is 64.1 Å². The summed E-state index contributed by atoms with van der Waals surface area (Å²) in [5.41, 5.74) is 4.00. The van der Waals surface area contributed by atoms with Crippen LogP contribution in [0.3, 0.4) is 0 Å². The van der Waals surface area contributed by atoms with Crippen molar-refractivity contribution in [2.75, 3.05) is 0 Å². The molecule has 136 valence electrons. The molecule has 2 heterocycles. The van der Waals surface area contributed by atoms with E-state index in [1.54, 1.807) is 18.3 Å². The van der Waals surface area contributed by atoms with Gasteiger partial charge in [-0.05, 0) is 69.1 Å². The molecule has 0 saturated heterocycles. The standard InChI is InChI=1S/C21H25N3O2/c25-21(16-10-12-20(22-13-16)26-18-6-2-3-7-18)23-14-17-11-9-15-5-1-4-8-19(15)24-17/h9-13,18H,1-8,14H2,(H,23,25). The number of nitrogens with one attached hydrogen (secondary N) is 1. The summed E-state index contributed by atoms with van der Waals surface area (Å²) in [7, 11) is 0. The molecular formula is C21H25N3O2. The molecule has 0 radical (unpaired) electrons. The van der Waals surface area contributed by atoms with Crippen molar-refractivity contribution in [2.24, 2.45) is 0 Å². The first-order chi connectivity index (χ1) is 12.8. The maximum Gasteiger partial charge on any atom is 0.253 e. The van der Waals surface area contributed by atoms with Gasteiger partial charge in [-0.2, -0.15) is 0 Å². The summed E-state index contributed by atoms with van der Waals surface area (Å²) in [5.74, 6) is 0.467. The second-order valence-electron chi connectivity index (χ2n) is 7.21. The monoisotopic (exact) mass is 351 g/mol. The largest absolute Gasteiger partial charge is 0.474 e. The summed E-state index contributed by atoms with van der Waals surface area (Å²) >= 11 is 0. The number of aryl methyl sites for hydroxylation is 2. The first-order valence-corrected chi connectivity index (χ1v) is 9.66. The van der Waals surface area contributed by atoms with Crippen molar-refractivity contribution < 1.29 is 9.53 Å². The molecule has 0 aromatic carbocycles. The molecule has 0 spiro atoms. The lowest BCUT2D eigenvalue weighted by atomic mass is 9.96. The molecule has 1 fully saturated rings. The number of carbonyl (C=O) groups is 1. The van der Waals surface area contributed by atoms with E-state index >= 15 is 0 Å². The van der Waals surface area contributed by atoms with Crippen LogP contribution in [0, 0.1) is 0 Å². The Balaban J connectivity index is 1.33. The van der Waals surface area contributed by atoms with Crippen LogP contribution in [0.25, 0.3) is 0 Å². The van der Waals surface area contributed by atoms with Crippen molar-refractivity contribution in [1.82, 2.24) is 15.3 Å². The molecule has 26 heavy (non-hydrogen) atoms. The zero-order valence-corrected chi connectivity index (χ0v) is 15.0. The van der Waals surface area contributed by atoms with Gasteiger partial charge in [0.1, 0.15) is 6.10 Å². The summed E-state index contributed by atoms with van der Waals surface area (Å²) in [6, 6.07) is 7.72. The number of rotatable bonds is 5. The molecule has 5 heteroatoms. The van der Waals surface area contributed by atoms with Gasteiger partial charge in [0.15, 0.2) is 0 Å². The average molecular weight is 351 g/mol. The molecule has 0 aliphatic heterocycles. The van der Waals surface area contributed by atoms with E-state index in [9.17, 15) is 4.79 Å². The second-order valence-corrected chi connectivity index (χ2v) is 7.21. The van der Waals surface area contributed by atoms with Gasteiger partial charge in [-0.15, -0.1) is 0 Å². The predicted octanol–water partition coefficient (Wildman–Crippen LogP) is 3.61. The minimum atomic E-state index is -0.135. The normalized spacial score (nSPS) is 16.9. The minimum absolute atomic E-state index is 0.135. The number of pyridine rings is 2. The molecule has 0 unspecified atom stereocenters. The Hall–Kier alpha value is -2.43. The third kappa shape index (κ3) is 4.03. The van der Waals surface area contributed by atoms with Crippen LogP contribution in [-0.2, 0) is 19.4 Å². The zero-order valence-electron chi connectivity index (χ0n) is 15.0. The lowest BCUT2D eigenvalue weighted by molar-refractivity contribution is 0.0950. The van der Waals surface area contributed by atoms with Crippen molar-refractivity contribution in [3.8, 4) is 5.88 Å². The fraction of sp³-hybridized carbons (Fsp3) is 0.476. The van der Waals surface area contributed by atoms with E-state index < -0.39 is 0 Å². The number of fused-ring (bicyclic) bond motifs is 1. The SMILES string of the molecule is O=C(NCc1ccc2c(n1)CCCC2)c1ccc(OC2CCCC2)nc1. The number of hydrogen-bond acceptors (Lipinski definition) is 4. The van der Waals surface area contributed by atoms with Crippen LogP contribution in [-0.4, -0.2) is 22.0 Å². The number of carbonyl (C=O) groups excluding carboxylic acids is 1. The average Bonchev–Trinajstić information content (AvgIpc) is 3.19. The molecule has 2 aromatic heterocycles. The van der Waals surface area contributed by atoms with Crippen molar-refractivity contribution in [3.63, 3.8) is 0 Å². The molecule has 1 N–H and O–H groups in total. The van der Waals surface area contributed by atoms with Crippen LogP contribution in [0.2, 0.25) is 0 Å². The minimum Gasteiger partial charge on any atom is -0.474 e. The molecule has 4 rings (SSSR count). The highest BCUT2D eigenvalue weighted by Gasteiger charge is 2.17. The summed E-state index contributed by atoms with van der Waals surface area (Å²) < 4.78 is 5.84. The second kappa shape index (κ2) is 7.85. The number of ether oxygens (including phenoxy) is 1. The van der Waals surface area contributed by atoms with Crippen LogP contribution >= 0.6 is 0 Å². The molecule has 1 amide bonds. The van der Waals surface area contributed by atoms with E-state index in [1.807, 2.05) is 6.07 Å². The van der Waals surface area contributed by atoms with Crippen molar-refractivity contribution in [1.29, 1.82) is 0 Å². The van der Waals surface area contributed by atoms with Crippen LogP contribution in [0.15, 0.2) is 30.5 Å². The van der Waals surface area contributed by atoms with Crippen LogP contribution < -0.4 is 10.1 Å². The first-order valence-electron chi connectivity index (χ1n) is 9.66. The fourth-order valence-electron chi connectivity index (χ4n) is 3.76. The third-order valence-electron chi connectivity index (χ3n) is 5.25. The van der Waals surface area contributed by atoms with E-state index in [0.29, 0.717) is 18.0 Å². The van der Waals surface area contributed by atoms with Gasteiger partial charge in [0.05, 0.1) is 17.8 Å². The molecule has 2 aromatic rings. The number of aromatic nitrogens is 2. The molecule has 2 aliphatic rings. The van der Waals surface area contributed by atoms with E-state index in [4.69, 9.17) is 9.72 Å². The number of amides is 1. The maximum absolute atomic E-state index is 12.3. The van der Waals surface area contributed by atoms with Crippen molar-refractivity contribution in [2.45, 2.75) is 64.0 Å². The molecular weight excluding hydrogens is 326 g/mol. The molecule has 1 saturated carbocycles. The Kier molecular flexibility index (Phi) is 5.14. The highest BCUT2D eigenvalue weighted by Crippen LogP contribution is 2.23. The third-order valence-corrected chi connectivity index (χ3v) is 5.25. The summed E-state index contributed by atoms with van der Waals surface area (Å²) in [6.45, 7) is 0.437. The Labute approximate surface area is 154 Å². The highest BCUT2D eigenvalue weighted by molar-refractivity contribution is 5.93. The highest BCUT2D eigenvalue weighted by atomic mass is 16.5. The van der Waals surface area contributed by atoms with E-state index in [1.165, 1.54) is 36.9 Å². The van der Waals surface area contributed by atoms with Gasteiger partial charge < -0.3 is 10.1 Å². The first kappa shape index (κ1) is 17.0. The Bertz CT molecular complexity index is 767. The number of hydrogen-bond donors (Lipinski definition) is 1. The lowest BCUT2D eigenvalue weighted by Gasteiger charge is -2.15. The van der Waals surface area contributed by atoms with Gasteiger partial charge in [0.2, 0.25) is 5.88 Å². The van der Waals surface area contributed by atoms with E-state index in [0.717, 1.165) is 31.4 Å². The van der Waals surface area contributed by atoms with Gasteiger partial charge in [-0.3, -0.25) is 9.78 Å². The van der Waals surface area contributed by atoms with E-state index in [2.05, 4.69) is 16.4 Å². The number of nitrogens with zero attached hydrogens (tertiary/aromatic N) is 2. The molecule has 0 atom stereocenters. The summed E-state index contributed by atoms with van der Waals surface area (Å²) in [6.07, 6.45) is 11.1. The Morgan fingerprint density at radius 3 is 2.73 bits per heavy atom. The van der Waals surface area contributed by atoms with Crippen molar-refractivity contribution >= 4 is 5.91 Å². The van der Waals surface area contributed by atoms with E-state index in [-0.39, 0.29) is 12.0 Å². The van der Waals surface area contributed by atoms with Crippen LogP contribution in [0.1, 0.15) is 65.8 Å². The molecule has 2 aliphatic carbocycles. The Morgan fingerprint density at radius 1 is 1.08 bits per heavy atom. The van der Waals surface area contributed by atoms with Gasteiger partial charge in [-0.25, -0.2) is 4.98 Å². The zero-order chi connectivity index (χ0) is 17.8. The smallest absolute Gasteiger partial charge is 0.253 e. The predicted molar refractivity (Wildman–Crippen MR) is 99.2 cm³/mol. The van der Waals surface area contributed by atoms with Gasteiger partial charge in [0.25, 0.3) is 5.91 Å². The fourth-order valence-corrected chi connectivity index (χ4v) is 3.76. The van der Waals surface area contributed by atoms with Gasteiger partial charge >= 0.3 is 0 Å². The van der Waals surface area contributed by atoms with Crippen LogP contribution in [0.4, 0.5) is 0 Å². The maximum atomic E-state index is 12.3. The Morgan fingerprint density at radius 2 is 1.92 bits per heavy atom. The summed E-state index contributed by atoms with van der Waals surface area (Å²) in [5, 5.41) is 2.93. The van der Waals surface area contributed by atoms with Gasteiger partial charge in [-0.1, -0.05) is 6.07 Å².